The van der Waals surface area contributed by atoms with Crippen LogP contribution in [-0.4, -0.2) is 16.2 Å². The first-order valence-corrected chi connectivity index (χ1v) is 14.2. The number of benzene rings is 5. The molecule has 3 heterocycles. The maximum atomic E-state index is 5.03. The Kier molecular flexibility index (Phi) is 5.35. The first-order valence-electron chi connectivity index (χ1n) is 13.4. The first kappa shape index (κ1) is 22.9. The lowest BCUT2D eigenvalue weighted by Gasteiger charge is -2.22. The Bertz CT molecular complexity index is 2070. The lowest BCUT2D eigenvalue weighted by Crippen LogP contribution is -2.36. The predicted molar refractivity (Wildman–Crippen MR) is 168 cm³/mol. The number of hydrogen-bond donors (Lipinski definition) is 1. The van der Waals surface area contributed by atoms with Gasteiger partial charge in [-0.2, -0.15) is 0 Å². The summed E-state index contributed by atoms with van der Waals surface area (Å²) in [7, 11) is 0. The molecule has 0 fully saturated rings. The van der Waals surface area contributed by atoms with Crippen molar-refractivity contribution in [1.29, 1.82) is 0 Å². The molecular formula is C35H24N4S. The molecule has 8 rings (SSSR count). The number of aliphatic imine (C=N–C) groups is 2. The van der Waals surface area contributed by atoms with Crippen molar-refractivity contribution in [3.8, 4) is 5.69 Å². The number of amidine groups is 2. The molecule has 190 valence electrons. The second-order valence-electron chi connectivity index (χ2n) is 9.92. The van der Waals surface area contributed by atoms with Crippen molar-refractivity contribution in [2.45, 2.75) is 6.17 Å². The van der Waals surface area contributed by atoms with Gasteiger partial charge in [0, 0.05) is 37.7 Å². The monoisotopic (exact) mass is 532 g/mol. The summed E-state index contributed by atoms with van der Waals surface area (Å²) in [5.41, 5.74) is 6.68. The molecule has 1 atom stereocenters. The Morgan fingerprint density at radius 1 is 0.575 bits per heavy atom. The van der Waals surface area contributed by atoms with Crippen molar-refractivity contribution >= 4 is 54.9 Å². The summed E-state index contributed by atoms with van der Waals surface area (Å²) < 4.78 is 3.68. The number of nitrogens with one attached hydrogen (secondary N) is 1. The lowest BCUT2D eigenvalue weighted by atomic mass is 10.1. The van der Waals surface area contributed by atoms with Crippen LogP contribution < -0.4 is 5.32 Å². The number of aromatic nitrogens is 1. The van der Waals surface area contributed by atoms with Gasteiger partial charge < -0.3 is 9.88 Å². The quantitative estimate of drug-likeness (QED) is 0.243. The number of fused-ring (bicyclic) bond motifs is 5. The standard InChI is InChI=1S/C35H24N4S/c1-3-9-23(10-4-1)33-36-34(24-11-5-2-6-12-24)38-35(37-33)25-15-17-26(18-16-25)39-29-14-8-7-13-27(29)32-28-21-22-40-31(28)20-19-30(32)39/h1-22,33H,(H,36,37,38). The molecule has 2 aromatic heterocycles. The maximum absolute atomic E-state index is 5.03. The van der Waals surface area contributed by atoms with Crippen molar-refractivity contribution in [2.75, 3.05) is 0 Å². The largest absolute Gasteiger partial charge is 0.324 e. The maximum Gasteiger partial charge on any atom is 0.169 e. The molecule has 0 saturated heterocycles. The zero-order chi connectivity index (χ0) is 26.5. The van der Waals surface area contributed by atoms with Crippen LogP contribution in [0.2, 0.25) is 0 Å². The van der Waals surface area contributed by atoms with Crippen molar-refractivity contribution in [3.63, 3.8) is 0 Å². The Morgan fingerprint density at radius 2 is 1.25 bits per heavy atom. The van der Waals surface area contributed by atoms with E-state index in [1.54, 1.807) is 11.3 Å². The number of para-hydroxylation sites is 1. The van der Waals surface area contributed by atoms with Crippen molar-refractivity contribution in [2.24, 2.45) is 9.98 Å². The molecule has 0 amide bonds. The van der Waals surface area contributed by atoms with E-state index >= 15 is 0 Å². The average Bonchev–Trinajstić information content (AvgIpc) is 3.64. The SMILES string of the molecule is c1ccc(C2=NC(c3ccccc3)N=C(c3ccc(-n4c5ccccc5c5c6ccsc6ccc54)cc3)N2)cc1. The van der Waals surface area contributed by atoms with Crippen molar-refractivity contribution < 1.29 is 0 Å². The van der Waals surface area contributed by atoms with E-state index in [0.29, 0.717) is 0 Å². The van der Waals surface area contributed by atoms with Gasteiger partial charge in [-0.15, -0.1) is 11.3 Å². The van der Waals surface area contributed by atoms with Gasteiger partial charge in [0.25, 0.3) is 0 Å². The Morgan fingerprint density at radius 3 is 2.02 bits per heavy atom. The number of hydrogen-bond acceptors (Lipinski definition) is 4. The summed E-state index contributed by atoms with van der Waals surface area (Å²) in [6.45, 7) is 0. The summed E-state index contributed by atoms with van der Waals surface area (Å²) in [6, 6.07) is 44.6. The number of thiophene rings is 1. The third-order valence-corrected chi connectivity index (χ3v) is 8.43. The molecule has 40 heavy (non-hydrogen) atoms. The van der Waals surface area contributed by atoms with E-state index < -0.39 is 0 Å². The van der Waals surface area contributed by atoms with Gasteiger partial charge in [-0.3, -0.25) is 0 Å². The highest BCUT2D eigenvalue weighted by Crippen LogP contribution is 2.38. The molecule has 5 aromatic carbocycles. The molecule has 5 heteroatoms. The van der Waals surface area contributed by atoms with Gasteiger partial charge in [0.1, 0.15) is 11.7 Å². The molecule has 0 saturated carbocycles. The van der Waals surface area contributed by atoms with Gasteiger partial charge in [-0.25, -0.2) is 9.98 Å². The predicted octanol–water partition coefficient (Wildman–Crippen LogP) is 8.49. The van der Waals surface area contributed by atoms with E-state index in [1.807, 2.05) is 36.4 Å². The third-order valence-electron chi connectivity index (χ3n) is 7.55. The highest BCUT2D eigenvalue weighted by Gasteiger charge is 2.21. The van der Waals surface area contributed by atoms with E-state index in [1.165, 1.54) is 31.9 Å². The minimum Gasteiger partial charge on any atom is -0.324 e. The van der Waals surface area contributed by atoms with Crippen LogP contribution in [0.15, 0.2) is 143 Å². The molecule has 7 aromatic rings. The first-order chi connectivity index (χ1) is 19.8. The summed E-state index contributed by atoms with van der Waals surface area (Å²) in [5.74, 6) is 1.64. The minimum atomic E-state index is -0.308. The number of rotatable bonds is 4. The Labute approximate surface area is 235 Å². The summed E-state index contributed by atoms with van der Waals surface area (Å²) >= 11 is 1.79. The van der Waals surface area contributed by atoms with Crippen LogP contribution >= 0.6 is 11.3 Å². The summed E-state index contributed by atoms with van der Waals surface area (Å²) in [5, 5.41) is 9.59. The minimum absolute atomic E-state index is 0.308. The van der Waals surface area contributed by atoms with Crippen LogP contribution in [-0.2, 0) is 0 Å². The van der Waals surface area contributed by atoms with Crippen LogP contribution in [0.5, 0.6) is 0 Å². The highest BCUT2D eigenvalue weighted by molar-refractivity contribution is 7.17. The third kappa shape index (κ3) is 3.74. The van der Waals surface area contributed by atoms with E-state index in [2.05, 4.69) is 106 Å². The van der Waals surface area contributed by atoms with Crippen molar-refractivity contribution in [3.05, 3.63) is 149 Å². The second-order valence-corrected chi connectivity index (χ2v) is 10.9. The van der Waals surface area contributed by atoms with Gasteiger partial charge in [0.2, 0.25) is 0 Å². The smallest absolute Gasteiger partial charge is 0.169 e. The molecule has 1 aliphatic heterocycles. The van der Waals surface area contributed by atoms with Gasteiger partial charge >= 0.3 is 0 Å². The average molecular weight is 533 g/mol. The molecule has 1 N–H and O–H groups in total. The molecule has 0 spiro atoms. The van der Waals surface area contributed by atoms with E-state index in [4.69, 9.17) is 9.98 Å². The normalized spacial score (nSPS) is 15.2. The van der Waals surface area contributed by atoms with Crippen LogP contribution in [0, 0.1) is 0 Å². The topological polar surface area (TPSA) is 41.7 Å². The zero-order valence-corrected chi connectivity index (χ0v) is 22.3. The van der Waals surface area contributed by atoms with Gasteiger partial charge in [-0.1, -0.05) is 78.9 Å². The molecule has 0 bridgehead atoms. The molecule has 1 unspecified atom stereocenters. The summed E-state index contributed by atoms with van der Waals surface area (Å²) in [6.07, 6.45) is -0.308. The van der Waals surface area contributed by atoms with Crippen molar-refractivity contribution in [1.82, 2.24) is 9.88 Å². The zero-order valence-electron chi connectivity index (χ0n) is 21.5. The number of nitrogens with zero attached hydrogens (tertiary/aromatic N) is 3. The molecular weight excluding hydrogens is 508 g/mol. The fourth-order valence-corrected chi connectivity index (χ4v) is 6.47. The summed E-state index contributed by atoms with van der Waals surface area (Å²) in [4.78, 5) is 9.99. The fraction of sp³-hybridized carbons (Fsp3) is 0.0286. The van der Waals surface area contributed by atoms with Gasteiger partial charge in [0.15, 0.2) is 6.17 Å². The Hall–Kier alpha value is -5.00. The van der Waals surface area contributed by atoms with Gasteiger partial charge in [0.05, 0.1) is 11.0 Å². The van der Waals surface area contributed by atoms with E-state index in [9.17, 15) is 0 Å². The van der Waals surface area contributed by atoms with Crippen LogP contribution in [0.3, 0.4) is 0 Å². The van der Waals surface area contributed by atoms with Gasteiger partial charge in [-0.05, 0) is 59.5 Å². The fourth-order valence-electron chi connectivity index (χ4n) is 5.67. The van der Waals surface area contributed by atoms with E-state index in [0.717, 1.165) is 34.0 Å². The molecule has 0 radical (unpaired) electrons. The van der Waals surface area contributed by atoms with Crippen LogP contribution in [0.4, 0.5) is 0 Å². The van der Waals surface area contributed by atoms with Crippen LogP contribution in [0.1, 0.15) is 22.9 Å². The van der Waals surface area contributed by atoms with Crippen LogP contribution in [0.25, 0.3) is 37.6 Å². The molecule has 0 aliphatic carbocycles. The Balaban J connectivity index is 1.23. The molecule has 1 aliphatic rings. The van der Waals surface area contributed by atoms with E-state index in [-0.39, 0.29) is 6.17 Å². The second kappa shape index (κ2) is 9.33. The molecule has 4 nitrogen and oxygen atoms in total. The lowest BCUT2D eigenvalue weighted by molar-refractivity contribution is 0.756. The highest BCUT2D eigenvalue weighted by atomic mass is 32.1.